The second-order valence-electron chi connectivity index (χ2n) is 13.9. The van der Waals surface area contributed by atoms with Gasteiger partial charge in [-0.05, 0) is 92.6 Å². The summed E-state index contributed by atoms with van der Waals surface area (Å²) in [7, 11) is -2.15. The Bertz CT molecular complexity index is 2520. The molecule has 11 nitrogen and oxygen atoms in total. The third kappa shape index (κ3) is 8.23. The quantitative estimate of drug-likeness (QED) is 0.130. The van der Waals surface area contributed by atoms with E-state index in [-0.39, 0.29) is 46.5 Å². The van der Waals surface area contributed by atoms with Crippen molar-refractivity contribution < 1.29 is 31.9 Å². The molecule has 6 rings (SSSR count). The molecule has 54 heavy (non-hydrogen) atoms. The number of carbonyl (C=O) groups excluding carboxylic acids is 2. The molecule has 2 amide bonds. The Morgan fingerprint density at radius 3 is 2.41 bits per heavy atom. The number of hydrogen-bond acceptors (Lipinski definition) is 7. The summed E-state index contributed by atoms with van der Waals surface area (Å²) in [6.45, 7) is 6.74. The number of nitrogens with zero attached hydrogens (tertiary/aromatic N) is 3. The third-order valence-corrected chi connectivity index (χ3v) is 9.81. The largest absolute Gasteiger partial charge is 0.378 e. The minimum atomic E-state index is -3.76. The Balaban J connectivity index is 1.53. The van der Waals surface area contributed by atoms with E-state index in [9.17, 15) is 31.9 Å². The number of benzene rings is 3. The van der Waals surface area contributed by atoms with Crippen molar-refractivity contribution in [2.75, 3.05) is 16.3 Å². The number of aliphatic hydroxyl groups is 1. The second-order valence-corrected chi connectivity index (χ2v) is 16.1. The number of carbonyl (C=O) groups is 2. The summed E-state index contributed by atoms with van der Waals surface area (Å²) < 4.78 is 57.5. The fourth-order valence-electron chi connectivity index (χ4n) is 6.70. The normalized spacial score (nSPS) is 14.6. The van der Waals surface area contributed by atoms with Crippen LogP contribution in [0, 0.1) is 37.3 Å². The molecule has 1 aliphatic heterocycles. The van der Waals surface area contributed by atoms with Crippen LogP contribution in [0.1, 0.15) is 65.9 Å². The van der Waals surface area contributed by atoms with Gasteiger partial charge in [-0.1, -0.05) is 35.7 Å². The molecule has 0 saturated heterocycles. The maximum atomic E-state index is 14.6. The first-order valence-corrected chi connectivity index (χ1v) is 19.1. The van der Waals surface area contributed by atoms with Gasteiger partial charge in [0.2, 0.25) is 21.8 Å². The molecule has 0 bridgehead atoms. The molecule has 0 fully saturated rings. The molecule has 3 aromatic carbocycles. The Kier molecular flexibility index (Phi) is 10.3. The Hall–Kier alpha value is -5.36. The molecule has 2 aromatic heterocycles. The highest BCUT2D eigenvalue weighted by Gasteiger charge is 2.35. The maximum Gasteiger partial charge on any atom is 0.232 e. The molecule has 0 saturated carbocycles. The van der Waals surface area contributed by atoms with Gasteiger partial charge in [-0.25, -0.2) is 22.2 Å². The number of aryl methyl sites for hydroxylation is 3. The maximum absolute atomic E-state index is 14.6. The summed E-state index contributed by atoms with van der Waals surface area (Å²) >= 11 is 6.62. The second kappa shape index (κ2) is 14.5. The first kappa shape index (κ1) is 38.4. The van der Waals surface area contributed by atoms with E-state index >= 15 is 0 Å². The predicted octanol–water partition coefficient (Wildman–Crippen LogP) is 6.20. The molecule has 3 heterocycles. The number of anilines is 2. The van der Waals surface area contributed by atoms with Crippen molar-refractivity contribution >= 4 is 55.8 Å². The van der Waals surface area contributed by atoms with Crippen molar-refractivity contribution in [3.05, 3.63) is 105 Å². The van der Waals surface area contributed by atoms with Gasteiger partial charge in [-0.15, -0.1) is 0 Å². The zero-order valence-electron chi connectivity index (χ0n) is 30.2. The molecule has 0 aliphatic carbocycles. The lowest BCUT2D eigenvalue weighted by Gasteiger charge is -2.23. The summed E-state index contributed by atoms with van der Waals surface area (Å²) in [6.07, 6.45) is 0.606. The van der Waals surface area contributed by atoms with Crippen LogP contribution in [0.15, 0.2) is 54.6 Å². The van der Waals surface area contributed by atoms with Crippen molar-refractivity contribution in [2.24, 2.45) is 7.05 Å². The average molecular weight is 775 g/mol. The van der Waals surface area contributed by atoms with Gasteiger partial charge < -0.3 is 15.7 Å². The van der Waals surface area contributed by atoms with Crippen LogP contribution in [0.5, 0.6) is 0 Å². The zero-order valence-corrected chi connectivity index (χ0v) is 31.8. The molecule has 1 aliphatic rings. The molecule has 0 radical (unpaired) electrons. The van der Waals surface area contributed by atoms with E-state index in [4.69, 9.17) is 16.6 Å². The van der Waals surface area contributed by atoms with Gasteiger partial charge in [0, 0.05) is 36.3 Å². The topological polar surface area (TPSA) is 155 Å². The molecule has 15 heteroatoms. The minimum Gasteiger partial charge on any atom is -0.378 e. The van der Waals surface area contributed by atoms with Crippen LogP contribution in [0.4, 0.5) is 20.3 Å². The van der Waals surface area contributed by atoms with E-state index in [2.05, 4.69) is 32.3 Å². The van der Waals surface area contributed by atoms with E-state index in [1.54, 1.807) is 31.3 Å². The van der Waals surface area contributed by atoms with E-state index < -0.39 is 45.1 Å². The fourth-order valence-corrected chi connectivity index (χ4v) is 7.44. The third-order valence-electron chi connectivity index (χ3n) is 8.93. The molecule has 2 atom stereocenters. The van der Waals surface area contributed by atoms with Crippen LogP contribution >= 0.6 is 11.6 Å². The Morgan fingerprint density at radius 2 is 1.74 bits per heavy atom. The summed E-state index contributed by atoms with van der Waals surface area (Å²) in [5.74, 6) is 2.27. The molecule has 5 aromatic rings. The van der Waals surface area contributed by atoms with Gasteiger partial charge in [0.05, 0.1) is 39.8 Å². The van der Waals surface area contributed by atoms with E-state index in [0.29, 0.717) is 27.7 Å². The van der Waals surface area contributed by atoms with Crippen LogP contribution in [0.3, 0.4) is 0 Å². The van der Waals surface area contributed by atoms with Gasteiger partial charge in [-0.2, -0.15) is 5.10 Å². The van der Waals surface area contributed by atoms with Crippen molar-refractivity contribution in [1.29, 1.82) is 0 Å². The number of pyridine rings is 1. The van der Waals surface area contributed by atoms with Crippen LogP contribution in [-0.4, -0.2) is 52.0 Å². The van der Waals surface area contributed by atoms with E-state index in [1.807, 2.05) is 26.0 Å². The number of sulfonamides is 1. The Labute approximate surface area is 316 Å². The first-order chi connectivity index (χ1) is 25.3. The first-order valence-electron chi connectivity index (χ1n) is 16.8. The van der Waals surface area contributed by atoms with Gasteiger partial charge in [-0.3, -0.25) is 19.0 Å². The van der Waals surface area contributed by atoms with Gasteiger partial charge >= 0.3 is 0 Å². The van der Waals surface area contributed by atoms with Crippen LogP contribution in [0.2, 0.25) is 5.02 Å². The highest BCUT2D eigenvalue weighted by Crippen LogP contribution is 2.41. The highest BCUT2D eigenvalue weighted by atomic mass is 35.5. The van der Waals surface area contributed by atoms with Crippen LogP contribution in [-0.2, 0) is 33.1 Å². The monoisotopic (exact) mass is 774 g/mol. The Morgan fingerprint density at radius 1 is 1.07 bits per heavy atom. The molecular weight excluding hydrogens is 738 g/mol. The molecule has 280 valence electrons. The van der Waals surface area contributed by atoms with Crippen molar-refractivity contribution in [1.82, 2.24) is 20.1 Å². The lowest BCUT2D eigenvalue weighted by atomic mass is 9.90. The number of fused-ring (bicyclic) bond motifs is 2. The SMILES string of the molecule is Cc1ccc(C)c2c1NC(=O)C2CC(=O)NC(Cc1cc(F)cc(F)c1)c1nc(C#CC(C)(C)O)ccc1-c1ccc(Cl)c2c(NS(C)(=O)=O)nn(C)c12. The van der Waals surface area contributed by atoms with E-state index in [1.165, 1.54) is 18.5 Å². The fraction of sp³-hybridized carbons (Fsp3) is 0.282. The summed E-state index contributed by atoms with van der Waals surface area (Å²) in [5, 5.41) is 21.1. The van der Waals surface area contributed by atoms with Crippen molar-refractivity contribution in [3.8, 4) is 23.0 Å². The highest BCUT2D eigenvalue weighted by molar-refractivity contribution is 7.92. The number of aromatic nitrogens is 3. The number of amides is 2. The smallest absolute Gasteiger partial charge is 0.232 e. The van der Waals surface area contributed by atoms with E-state index in [0.717, 1.165) is 41.1 Å². The van der Waals surface area contributed by atoms with Gasteiger partial charge in [0.25, 0.3) is 0 Å². The zero-order chi connectivity index (χ0) is 39.3. The number of hydrogen-bond donors (Lipinski definition) is 4. The van der Waals surface area contributed by atoms with Crippen LogP contribution < -0.4 is 15.4 Å². The summed E-state index contributed by atoms with van der Waals surface area (Å²) in [5.41, 5.74) is 3.68. The molecule has 0 spiro atoms. The van der Waals surface area contributed by atoms with Gasteiger partial charge in [0.1, 0.15) is 22.9 Å². The van der Waals surface area contributed by atoms with Crippen LogP contribution in [0.25, 0.3) is 22.0 Å². The molecule has 2 unspecified atom stereocenters. The molecule has 4 N–H and O–H groups in total. The van der Waals surface area contributed by atoms with Crippen molar-refractivity contribution in [2.45, 2.75) is 58.1 Å². The molecular formula is C39H37ClF2N6O5S. The average Bonchev–Trinajstić information content (AvgIpc) is 3.56. The number of rotatable bonds is 9. The predicted molar refractivity (Wildman–Crippen MR) is 203 cm³/mol. The lowest BCUT2D eigenvalue weighted by Crippen LogP contribution is -2.33. The summed E-state index contributed by atoms with van der Waals surface area (Å²) in [6, 6.07) is 12.3. The number of nitrogens with one attached hydrogen (secondary N) is 3. The van der Waals surface area contributed by atoms with Gasteiger partial charge in [0.15, 0.2) is 5.82 Å². The standard InChI is InChI=1S/C39H37ClF2N6O5S/c1-20-7-8-21(2)34-32(20)28(38(50)45-34)19-31(49)44-30(17-22-15-23(41)18-24(42)16-22)35-26(10-9-25(43-35)13-14-39(3,4)51)27-11-12-29(40)33-36(27)48(5)46-37(33)47-54(6,52)53/h7-12,15-16,18,28,30,51H,17,19H2,1-6H3,(H,44,49)(H,45,50)(H,46,47). The number of halogens is 3. The van der Waals surface area contributed by atoms with Crippen molar-refractivity contribution in [3.63, 3.8) is 0 Å². The summed E-state index contributed by atoms with van der Waals surface area (Å²) in [4.78, 5) is 32.1. The lowest BCUT2D eigenvalue weighted by molar-refractivity contribution is -0.125. The minimum absolute atomic E-state index is 0.00948.